The average molecular weight is 646 g/mol. The minimum Gasteiger partial charge on any atom is -0.443 e. The second-order valence-electron chi connectivity index (χ2n) is 13.8. The van der Waals surface area contributed by atoms with Crippen LogP contribution in [0.4, 0.5) is 16.3 Å². The highest BCUT2D eigenvalue weighted by molar-refractivity contribution is 6.11. The van der Waals surface area contributed by atoms with Crippen LogP contribution in [0.3, 0.4) is 0 Å². The summed E-state index contributed by atoms with van der Waals surface area (Å²) >= 11 is 0. The van der Waals surface area contributed by atoms with Crippen LogP contribution in [0, 0.1) is 5.92 Å². The first-order valence-electron chi connectivity index (χ1n) is 19.3. The van der Waals surface area contributed by atoms with Gasteiger partial charge >= 0.3 is 6.09 Å². The smallest absolute Gasteiger partial charge is 0.417 e. The number of imide groups is 1. The number of aromatic nitrogens is 2. The van der Waals surface area contributed by atoms with Crippen molar-refractivity contribution in [1.82, 2.24) is 24.7 Å². The molecule has 0 spiro atoms. The summed E-state index contributed by atoms with van der Waals surface area (Å²) in [5.41, 5.74) is 5.47. The number of carbonyl (C=O) groups is 2. The molecule has 1 saturated heterocycles. The monoisotopic (exact) mass is 645 g/mol. The molecule has 11 heteroatoms. The van der Waals surface area contributed by atoms with Gasteiger partial charge in [-0.1, -0.05) is 6.07 Å². The number of carbonyl (C=O) groups excluding carboxylic acids is 2. The van der Waals surface area contributed by atoms with Crippen LogP contribution >= 0.6 is 0 Å². The van der Waals surface area contributed by atoms with Crippen molar-refractivity contribution in [2.75, 3.05) is 39.5 Å². The van der Waals surface area contributed by atoms with E-state index < -0.39 is 38.1 Å². The minimum absolute atomic E-state index is 0.00854. The van der Waals surface area contributed by atoms with E-state index in [4.69, 9.17) is 32.7 Å². The molecule has 6 heterocycles. The third kappa shape index (κ3) is 5.84. The predicted molar refractivity (Wildman–Crippen MR) is 180 cm³/mol. The number of aliphatic imine (C=N–C) groups is 1. The summed E-state index contributed by atoms with van der Waals surface area (Å²) in [6.45, 7) is -0.0893. The quantitative estimate of drug-likeness (QED) is 0.413. The topological polar surface area (TPSA) is 112 Å². The Hall–Kier alpha value is -4.09. The number of amides is 2. The van der Waals surface area contributed by atoms with Crippen molar-refractivity contribution >= 4 is 35.3 Å². The van der Waals surface area contributed by atoms with Gasteiger partial charge in [-0.15, -0.1) is 0 Å². The Morgan fingerprint density at radius 1 is 1.21 bits per heavy atom. The summed E-state index contributed by atoms with van der Waals surface area (Å²) in [5, 5.41) is 3.22. The maximum absolute atomic E-state index is 14.3. The van der Waals surface area contributed by atoms with Gasteiger partial charge in [-0.3, -0.25) is 14.8 Å². The molecule has 1 aliphatic carbocycles. The summed E-state index contributed by atoms with van der Waals surface area (Å²) in [5.74, 6) is -0.341. The molecule has 7 rings (SSSR count). The van der Waals surface area contributed by atoms with Crippen molar-refractivity contribution in [3.05, 3.63) is 63.8 Å². The van der Waals surface area contributed by atoms with Crippen LogP contribution in [0.25, 0.3) is 5.57 Å². The first kappa shape index (κ1) is 25.0. The number of dihydropyridines is 1. The normalized spacial score (nSPS) is 25.0. The number of nitrogens with zero attached hydrogens (tertiary/aromatic N) is 6. The molecule has 2 unspecified atom stereocenters. The minimum atomic E-state index is -2.91. The fourth-order valence-corrected chi connectivity index (χ4v) is 7.63. The lowest BCUT2D eigenvalue weighted by atomic mass is 9.84. The maximum atomic E-state index is 14.3. The van der Waals surface area contributed by atoms with E-state index in [1.807, 2.05) is 12.1 Å². The second kappa shape index (κ2) is 12.2. The lowest BCUT2D eigenvalue weighted by Gasteiger charge is -2.31. The maximum Gasteiger partial charge on any atom is 0.417 e. The van der Waals surface area contributed by atoms with Crippen molar-refractivity contribution < 1.29 is 27.3 Å². The number of fused-ring (bicyclic) bond motifs is 3. The van der Waals surface area contributed by atoms with Gasteiger partial charge in [-0.2, -0.15) is 0 Å². The fourth-order valence-electron chi connectivity index (χ4n) is 7.63. The van der Waals surface area contributed by atoms with E-state index in [0.29, 0.717) is 53.6 Å². The zero-order valence-electron chi connectivity index (χ0n) is 33.3. The number of nitrogens with one attached hydrogen (secondary N) is 1. The van der Waals surface area contributed by atoms with E-state index in [-0.39, 0.29) is 35.9 Å². The first-order valence-corrected chi connectivity index (χ1v) is 16.3. The Labute approximate surface area is 285 Å². The van der Waals surface area contributed by atoms with Crippen LogP contribution in [0.15, 0.2) is 40.7 Å². The third-order valence-electron chi connectivity index (χ3n) is 9.64. The Bertz CT molecular complexity index is 1900. The Morgan fingerprint density at radius 3 is 2.79 bits per heavy atom. The van der Waals surface area contributed by atoms with E-state index >= 15 is 0 Å². The van der Waals surface area contributed by atoms with Crippen LogP contribution in [0.2, 0.25) is 0 Å². The molecule has 1 N–H and O–H groups in total. The zero-order valence-corrected chi connectivity index (χ0v) is 27.3. The standard InChI is InChI=1S/C36H45N7O4/c1-36(2,3)47-35(45)43-19-25-31(34(43)44)26(39-29-11-10-22(21-13-16-46-17-14-21)27(40-29)20-41(4)5)18-38-32(25)24-12-15-37-33-30(24)23-8-7-9-28(23)42(33)6/h10-12,15,18,21,30,33H,7-9,13-14,16-17,19-20H2,1-6H3,(H,39,40)/i4D3,5D3. The number of anilines is 2. The van der Waals surface area contributed by atoms with Crippen LogP contribution in [-0.4, -0.2) is 88.9 Å². The Morgan fingerprint density at radius 2 is 2.02 bits per heavy atom. The number of likely N-dealkylation sites (tertiary alicyclic amines) is 1. The molecule has 0 saturated carbocycles. The molecule has 2 amide bonds. The summed E-state index contributed by atoms with van der Waals surface area (Å²) in [4.78, 5) is 46.0. The summed E-state index contributed by atoms with van der Waals surface area (Å²) < 4.78 is 59.1. The Balaban J connectivity index is 1.30. The predicted octanol–water partition coefficient (Wildman–Crippen LogP) is 5.86. The van der Waals surface area contributed by atoms with Gasteiger partial charge in [0.2, 0.25) is 0 Å². The summed E-state index contributed by atoms with van der Waals surface area (Å²) in [7, 11) is 2.06. The van der Waals surface area contributed by atoms with E-state index in [9.17, 15) is 9.59 Å². The van der Waals surface area contributed by atoms with E-state index in [2.05, 4.69) is 17.3 Å². The van der Waals surface area contributed by atoms with Crippen molar-refractivity contribution in [3.63, 3.8) is 0 Å². The van der Waals surface area contributed by atoms with Crippen molar-refractivity contribution in [1.29, 1.82) is 0 Å². The lowest BCUT2D eigenvalue weighted by Crippen LogP contribution is -2.37. The van der Waals surface area contributed by atoms with Crippen LogP contribution < -0.4 is 5.32 Å². The van der Waals surface area contributed by atoms with E-state index in [1.165, 1.54) is 11.3 Å². The third-order valence-corrected chi connectivity index (χ3v) is 9.64. The highest BCUT2D eigenvalue weighted by Crippen LogP contribution is 2.50. The second-order valence-corrected chi connectivity index (χ2v) is 13.8. The van der Waals surface area contributed by atoms with Gasteiger partial charge in [0.05, 0.1) is 35.4 Å². The number of ether oxygens (including phenoxy) is 2. The first-order chi connectivity index (χ1) is 24.9. The molecular weight excluding hydrogens is 594 g/mol. The molecule has 2 aromatic rings. The number of rotatable bonds is 6. The molecule has 0 aromatic carbocycles. The van der Waals surface area contributed by atoms with Crippen LogP contribution in [-0.2, 0) is 22.6 Å². The zero-order chi connectivity index (χ0) is 38.0. The number of allylic oxidation sites excluding steroid dienone is 2. The lowest BCUT2D eigenvalue weighted by molar-refractivity contribution is 0.0248. The largest absolute Gasteiger partial charge is 0.443 e. The van der Waals surface area contributed by atoms with E-state index in [1.54, 1.807) is 39.2 Å². The molecule has 47 heavy (non-hydrogen) atoms. The summed E-state index contributed by atoms with van der Waals surface area (Å²) in [6, 6.07) is 3.55. The molecule has 2 aromatic heterocycles. The summed E-state index contributed by atoms with van der Waals surface area (Å²) in [6.07, 6.45) is 8.75. The van der Waals surface area contributed by atoms with Gasteiger partial charge in [-0.05, 0) is 102 Å². The van der Waals surface area contributed by atoms with Crippen LogP contribution in [0.1, 0.15) is 99.9 Å². The average Bonchev–Trinajstić information content (AvgIpc) is 3.77. The van der Waals surface area contributed by atoms with Gasteiger partial charge in [0.25, 0.3) is 5.91 Å². The van der Waals surface area contributed by atoms with Crippen molar-refractivity contribution in [3.8, 4) is 0 Å². The molecule has 11 nitrogen and oxygen atoms in total. The van der Waals surface area contributed by atoms with Gasteiger partial charge in [-0.25, -0.2) is 14.7 Å². The van der Waals surface area contributed by atoms with Crippen LogP contribution in [0.5, 0.6) is 0 Å². The number of hydrogen-bond donors (Lipinski definition) is 1. The van der Waals surface area contributed by atoms with Crippen molar-refractivity contribution in [2.24, 2.45) is 10.9 Å². The van der Waals surface area contributed by atoms with Gasteiger partial charge in [0.15, 0.2) is 0 Å². The molecular formula is C36H45N7O4. The molecule has 2 atom stereocenters. The molecule has 0 radical (unpaired) electrons. The highest BCUT2D eigenvalue weighted by atomic mass is 16.6. The highest BCUT2D eigenvalue weighted by Gasteiger charge is 2.46. The molecule has 5 aliphatic rings. The Kier molecular flexibility index (Phi) is 6.47. The van der Waals surface area contributed by atoms with E-state index in [0.717, 1.165) is 35.3 Å². The molecule has 0 bridgehead atoms. The SMILES string of the molecule is [2H]C([2H])([2H])N(Cc1nc(Nc2cnc(C3=CC=NC4C3C3=C(CCC3)N4C)c3c2C(=O)N(C(=O)OC(C)(C)C)C3)ccc1C1CCOCC1)C([2H])([2H])[2H]. The van der Waals surface area contributed by atoms with Gasteiger partial charge < -0.3 is 24.6 Å². The van der Waals surface area contributed by atoms with Crippen molar-refractivity contribution in [2.45, 2.75) is 83.6 Å². The molecule has 4 aliphatic heterocycles. The molecule has 1 fully saturated rings. The van der Waals surface area contributed by atoms with Gasteiger partial charge in [0, 0.05) is 58.4 Å². The van der Waals surface area contributed by atoms with Gasteiger partial charge in [0.1, 0.15) is 17.6 Å². The number of pyridine rings is 2. The number of hydrogen-bond acceptors (Lipinski definition) is 10. The molecule has 248 valence electrons. The fraction of sp³-hybridized carbons (Fsp3) is 0.528.